The van der Waals surface area contributed by atoms with Gasteiger partial charge in [-0.05, 0) is 23.6 Å². The maximum absolute atomic E-state index is 12.5. The van der Waals surface area contributed by atoms with E-state index in [1.165, 1.54) is 11.3 Å². The molecule has 0 saturated carbocycles. The fourth-order valence-electron chi connectivity index (χ4n) is 1.89. The number of aliphatic hydroxyl groups is 1. The van der Waals surface area contributed by atoms with Crippen molar-refractivity contribution in [3.8, 4) is 0 Å². The summed E-state index contributed by atoms with van der Waals surface area (Å²) in [5, 5.41) is 13.3. The van der Waals surface area contributed by atoms with Crippen LogP contribution in [0.3, 0.4) is 0 Å². The van der Waals surface area contributed by atoms with Gasteiger partial charge in [0.25, 0.3) is 5.91 Å². The molecule has 24 heavy (non-hydrogen) atoms. The molecule has 2 N–H and O–H groups in total. The molecule has 1 amide bonds. The summed E-state index contributed by atoms with van der Waals surface area (Å²) in [5.74, 6) is -0.551. The van der Waals surface area contributed by atoms with Crippen molar-refractivity contribution in [1.82, 2.24) is 10.3 Å². The van der Waals surface area contributed by atoms with Crippen LogP contribution in [-0.4, -0.2) is 35.8 Å². The number of amides is 1. The molecule has 130 valence electrons. The van der Waals surface area contributed by atoms with Crippen molar-refractivity contribution in [2.24, 2.45) is 0 Å². The van der Waals surface area contributed by atoms with E-state index in [1.807, 2.05) is 17.5 Å². The maximum atomic E-state index is 12.5. The fourth-order valence-corrected chi connectivity index (χ4v) is 2.67. The summed E-state index contributed by atoms with van der Waals surface area (Å²) in [6.07, 6.45) is -4.10. The summed E-state index contributed by atoms with van der Waals surface area (Å²) in [4.78, 5) is 16.1. The standard InChI is InChI=1S/C15H15F3N2O3S/c16-15(17,18)13-4-3-10(8-19-13)14(22)20-9-11(23-6-5-21)12-2-1-7-24-12/h1-4,7-8,11,21H,5-6,9H2,(H,20,22)/t11-/m0/s1. The van der Waals surface area contributed by atoms with Gasteiger partial charge in [-0.3, -0.25) is 9.78 Å². The number of rotatable bonds is 7. The number of hydrogen-bond acceptors (Lipinski definition) is 5. The minimum Gasteiger partial charge on any atom is -0.394 e. The van der Waals surface area contributed by atoms with Crippen LogP contribution in [0.5, 0.6) is 0 Å². The first-order valence-corrected chi connectivity index (χ1v) is 7.87. The number of carbonyl (C=O) groups is 1. The zero-order chi connectivity index (χ0) is 17.6. The Hall–Kier alpha value is -1.97. The van der Waals surface area contributed by atoms with Crippen LogP contribution in [0.4, 0.5) is 13.2 Å². The zero-order valence-corrected chi connectivity index (χ0v) is 13.2. The van der Waals surface area contributed by atoms with Gasteiger partial charge in [0.15, 0.2) is 0 Å². The monoisotopic (exact) mass is 360 g/mol. The van der Waals surface area contributed by atoms with Gasteiger partial charge in [-0.15, -0.1) is 11.3 Å². The Balaban J connectivity index is 1.97. The van der Waals surface area contributed by atoms with Gasteiger partial charge in [0.2, 0.25) is 0 Å². The van der Waals surface area contributed by atoms with Gasteiger partial charge < -0.3 is 15.2 Å². The molecule has 2 heterocycles. The number of aromatic nitrogens is 1. The second-order valence-corrected chi connectivity index (χ2v) is 5.72. The predicted molar refractivity (Wildman–Crippen MR) is 81.7 cm³/mol. The molecule has 5 nitrogen and oxygen atoms in total. The van der Waals surface area contributed by atoms with Gasteiger partial charge in [-0.1, -0.05) is 6.07 Å². The minimum absolute atomic E-state index is 0.0232. The molecule has 0 aliphatic carbocycles. The topological polar surface area (TPSA) is 71.5 Å². The maximum Gasteiger partial charge on any atom is 0.433 e. The van der Waals surface area contributed by atoms with E-state index in [0.717, 1.165) is 23.2 Å². The van der Waals surface area contributed by atoms with Crippen molar-refractivity contribution in [1.29, 1.82) is 0 Å². The lowest BCUT2D eigenvalue weighted by molar-refractivity contribution is -0.141. The Morgan fingerprint density at radius 3 is 2.71 bits per heavy atom. The number of pyridine rings is 1. The van der Waals surface area contributed by atoms with Crippen molar-refractivity contribution in [3.05, 3.63) is 52.0 Å². The van der Waals surface area contributed by atoms with Gasteiger partial charge in [0, 0.05) is 17.6 Å². The number of nitrogens with one attached hydrogen (secondary N) is 1. The molecule has 0 saturated heterocycles. The predicted octanol–water partition coefficient (Wildman–Crippen LogP) is 2.64. The molecule has 1 atom stereocenters. The number of thiophene rings is 1. The van der Waals surface area contributed by atoms with Crippen molar-refractivity contribution in [2.75, 3.05) is 19.8 Å². The first-order chi connectivity index (χ1) is 11.4. The van der Waals surface area contributed by atoms with Gasteiger partial charge in [-0.2, -0.15) is 13.2 Å². The van der Waals surface area contributed by atoms with Crippen molar-refractivity contribution in [3.63, 3.8) is 0 Å². The highest BCUT2D eigenvalue weighted by Crippen LogP contribution is 2.27. The van der Waals surface area contributed by atoms with E-state index in [9.17, 15) is 18.0 Å². The normalized spacial score (nSPS) is 12.8. The number of ether oxygens (including phenoxy) is 1. The fraction of sp³-hybridized carbons (Fsp3) is 0.333. The molecular formula is C15H15F3N2O3S. The summed E-state index contributed by atoms with van der Waals surface area (Å²) >= 11 is 1.44. The molecule has 0 unspecified atom stereocenters. The van der Waals surface area contributed by atoms with E-state index in [4.69, 9.17) is 9.84 Å². The Morgan fingerprint density at radius 2 is 2.17 bits per heavy atom. The Kier molecular flexibility index (Phi) is 6.29. The molecule has 2 aromatic heterocycles. The van der Waals surface area contributed by atoms with Gasteiger partial charge in [0.05, 0.1) is 18.8 Å². The van der Waals surface area contributed by atoms with Gasteiger partial charge in [-0.25, -0.2) is 0 Å². The lowest BCUT2D eigenvalue weighted by atomic mass is 10.2. The van der Waals surface area contributed by atoms with Crippen LogP contribution in [0.25, 0.3) is 0 Å². The molecule has 0 fully saturated rings. The van der Waals surface area contributed by atoms with Crippen molar-refractivity contribution < 1.29 is 27.8 Å². The van der Waals surface area contributed by atoms with Crippen LogP contribution in [0, 0.1) is 0 Å². The second kappa shape index (κ2) is 8.22. The van der Waals surface area contributed by atoms with Crippen molar-refractivity contribution >= 4 is 17.2 Å². The van der Waals surface area contributed by atoms with E-state index < -0.39 is 23.9 Å². The Bertz CT molecular complexity index is 645. The second-order valence-electron chi connectivity index (χ2n) is 4.74. The first kappa shape index (κ1) is 18.4. The lowest BCUT2D eigenvalue weighted by Gasteiger charge is -2.17. The van der Waals surface area contributed by atoms with E-state index in [1.54, 1.807) is 0 Å². The summed E-state index contributed by atoms with van der Waals surface area (Å²) in [6.45, 7) is 0.0826. The first-order valence-electron chi connectivity index (χ1n) is 6.99. The van der Waals surface area contributed by atoms with Gasteiger partial charge >= 0.3 is 6.18 Å². The van der Waals surface area contributed by atoms with Crippen LogP contribution in [0.1, 0.15) is 27.0 Å². The average Bonchev–Trinajstić information content (AvgIpc) is 3.08. The minimum atomic E-state index is -4.54. The zero-order valence-electron chi connectivity index (χ0n) is 12.4. The highest BCUT2D eigenvalue weighted by Gasteiger charge is 2.32. The summed E-state index contributed by atoms with van der Waals surface area (Å²) < 4.78 is 42.8. The van der Waals surface area contributed by atoms with E-state index >= 15 is 0 Å². The summed E-state index contributed by atoms with van der Waals surface area (Å²) in [6, 6.07) is 5.49. The van der Waals surface area contributed by atoms with Crippen molar-refractivity contribution in [2.45, 2.75) is 12.3 Å². The van der Waals surface area contributed by atoms with E-state index in [0.29, 0.717) is 0 Å². The quantitative estimate of drug-likeness (QED) is 0.796. The summed E-state index contributed by atoms with van der Waals surface area (Å²) in [7, 11) is 0. The number of halogens is 3. The largest absolute Gasteiger partial charge is 0.433 e. The lowest BCUT2D eigenvalue weighted by Crippen LogP contribution is -2.29. The molecule has 0 aromatic carbocycles. The third-order valence-corrected chi connectivity index (χ3v) is 4.00. The van der Waals surface area contributed by atoms with Gasteiger partial charge in [0.1, 0.15) is 11.8 Å². The third-order valence-electron chi connectivity index (χ3n) is 3.03. The smallest absolute Gasteiger partial charge is 0.394 e. The van der Waals surface area contributed by atoms with Crippen LogP contribution in [0.2, 0.25) is 0 Å². The molecule has 2 aromatic rings. The number of alkyl halides is 3. The summed E-state index contributed by atoms with van der Waals surface area (Å²) in [5.41, 5.74) is -1.03. The van der Waals surface area contributed by atoms with E-state index in [-0.39, 0.29) is 25.3 Å². The third kappa shape index (κ3) is 5.02. The number of hydrogen-bond donors (Lipinski definition) is 2. The molecule has 0 bridgehead atoms. The molecule has 0 radical (unpaired) electrons. The SMILES string of the molecule is O=C(NC[C@H](OCCO)c1cccs1)c1ccc(C(F)(F)F)nc1. The number of nitrogens with zero attached hydrogens (tertiary/aromatic N) is 1. The van der Waals surface area contributed by atoms with Crippen LogP contribution in [-0.2, 0) is 10.9 Å². The Morgan fingerprint density at radius 1 is 1.38 bits per heavy atom. The molecule has 2 rings (SSSR count). The van der Waals surface area contributed by atoms with E-state index in [2.05, 4.69) is 10.3 Å². The average molecular weight is 360 g/mol. The van der Waals surface area contributed by atoms with Crippen LogP contribution in [0.15, 0.2) is 35.8 Å². The van der Waals surface area contributed by atoms with Crippen LogP contribution < -0.4 is 5.32 Å². The molecule has 9 heteroatoms. The highest BCUT2D eigenvalue weighted by molar-refractivity contribution is 7.10. The molecule has 0 spiro atoms. The van der Waals surface area contributed by atoms with Crippen LogP contribution >= 0.6 is 11.3 Å². The molecule has 0 aliphatic heterocycles. The number of aliphatic hydroxyl groups excluding tert-OH is 1. The molecular weight excluding hydrogens is 345 g/mol. The molecule has 0 aliphatic rings. The number of carbonyl (C=O) groups excluding carboxylic acids is 1. The Labute approximate surface area is 140 Å². The highest BCUT2D eigenvalue weighted by atomic mass is 32.1.